The smallest absolute Gasteiger partial charge is 0.145 e. The van der Waals surface area contributed by atoms with E-state index in [0.29, 0.717) is 15.2 Å². The van der Waals surface area contributed by atoms with Crippen LogP contribution in [-0.4, -0.2) is 4.98 Å². The first-order valence-corrected chi connectivity index (χ1v) is 3.76. The van der Waals surface area contributed by atoms with Gasteiger partial charge in [-0.2, -0.15) is 0 Å². The van der Waals surface area contributed by atoms with Crippen molar-refractivity contribution in [2.24, 2.45) is 0 Å². The van der Waals surface area contributed by atoms with Gasteiger partial charge in [-0.1, -0.05) is 11.6 Å². The van der Waals surface area contributed by atoms with Gasteiger partial charge in [-0.15, -0.1) is 0 Å². The molecule has 1 aromatic heterocycles. The van der Waals surface area contributed by atoms with Crippen LogP contribution in [0.25, 0.3) is 0 Å². The van der Waals surface area contributed by atoms with E-state index in [2.05, 4.69) is 20.9 Å². The fraction of sp³-hybridized carbons (Fsp3) is 0.167. The molecule has 0 atom stereocenters. The molecule has 0 saturated carbocycles. The molecule has 4 heteroatoms. The first kappa shape index (κ1) is 7.95. The lowest BCUT2D eigenvalue weighted by Crippen LogP contribution is -1.87. The van der Waals surface area contributed by atoms with Crippen molar-refractivity contribution in [3.05, 3.63) is 27.2 Å². The molecule has 54 valence electrons. The SMILES string of the molecule is Cc1c(F)cnc(Br)c1Cl. The zero-order valence-electron chi connectivity index (χ0n) is 5.16. The Bertz CT molecular complexity index is 237. The van der Waals surface area contributed by atoms with Crippen molar-refractivity contribution in [3.8, 4) is 0 Å². The van der Waals surface area contributed by atoms with Gasteiger partial charge >= 0.3 is 0 Å². The number of halogens is 3. The Kier molecular flexibility index (Phi) is 2.26. The van der Waals surface area contributed by atoms with E-state index in [9.17, 15) is 4.39 Å². The summed E-state index contributed by atoms with van der Waals surface area (Å²) in [4.78, 5) is 3.65. The van der Waals surface area contributed by atoms with Crippen LogP contribution >= 0.6 is 27.5 Å². The summed E-state index contributed by atoms with van der Waals surface area (Å²) in [7, 11) is 0. The molecule has 0 aliphatic rings. The Morgan fingerprint density at radius 3 is 2.80 bits per heavy atom. The lowest BCUT2D eigenvalue weighted by atomic mass is 10.3. The highest BCUT2D eigenvalue weighted by Gasteiger charge is 2.05. The lowest BCUT2D eigenvalue weighted by molar-refractivity contribution is 0.611. The van der Waals surface area contributed by atoms with Gasteiger partial charge in [0.1, 0.15) is 10.4 Å². The molecule has 0 spiro atoms. The van der Waals surface area contributed by atoms with E-state index in [0.717, 1.165) is 6.20 Å². The molecular formula is C6H4BrClFN. The topological polar surface area (TPSA) is 12.9 Å². The summed E-state index contributed by atoms with van der Waals surface area (Å²) in [5.74, 6) is -0.381. The van der Waals surface area contributed by atoms with Crippen molar-refractivity contribution >= 4 is 27.5 Å². The van der Waals surface area contributed by atoms with Crippen LogP contribution in [0.2, 0.25) is 5.02 Å². The molecule has 10 heavy (non-hydrogen) atoms. The van der Waals surface area contributed by atoms with Gasteiger partial charge in [0.05, 0.1) is 11.2 Å². The maximum absolute atomic E-state index is 12.6. The molecule has 0 unspecified atom stereocenters. The molecule has 1 heterocycles. The summed E-state index contributed by atoms with van der Waals surface area (Å²) in [5, 5.41) is 0.333. The largest absolute Gasteiger partial charge is 0.245 e. The monoisotopic (exact) mass is 223 g/mol. The number of rotatable bonds is 0. The average Bonchev–Trinajstić information content (AvgIpc) is 1.93. The Labute approximate surface area is 71.4 Å². The lowest BCUT2D eigenvalue weighted by Gasteiger charge is -1.98. The highest BCUT2D eigenvalue weighted by Crippen LogP contribution is 2.24. The van der Waals surface area contributed by atoms with E-state index >= 15 is 0 Å². The van der Waals surface area contributed by atoms with Crippen LogP contribution in [0, 0.1) is 12.7 Å². The van der Waals surface area contributed by atoms with E-state index in [4.69, 9.17) is 11.6 Å². The van der Waals surface area contributed by atoms with Crippen LogP contribution in [0.4, 0.5) is 4.39 Å². The van der Waals surface area contributed by atoms with Crippen molar-refractivity contribution in [1.82, 2.24) is 4.98 Å². The molecule has 0 amide bonds. The first-order valence-electron chi connectivity index (χ1n) is 2.59. The van der Waals surface area contributed by atoms with Crippen molar-refractivity contribution in [2.75, 3.05) is 0 Å². The summed E-state index contributed by atoms with van der Waals surface area (Å²) in [6.07, 6.45) is 1.13. The van der Waals surface area contributed by atoms with Crippen molar-refractivity contribution in [1.29, 1.82) is 0 Å². The van der Waals surface area contributed by atoms with Gasteiger partial charge in [0, 0.05) is 5.56 Å². The zero-order valence-corrected chi connectivity index (χ0v) is 7.50. The molecule has 0 radical (unpaired) electrons. The van der Waals surface area contributed by atoms with Crippen LogP contribution in [-0.2, 0) is 0 Å². The predicted molar refractivity (Wildman–Crippen MR) is 41.6 cm³/mol. The Morgan fingerprint density at radius 2 is 2.30 bits per heavy atom. The minimum Gasteiger partial charge on any atom is -0.245 e. The highest BCUT2D eigenvalue weighted by atomic mass is 79.9. The third-order valence-electron chi connectivity index (χ3n) is 1.16. The number of nitrogens with zero attached hydrogens (tertiary/aromatic N) is 1. The Hall–Kier alpha value is -0.150. The van der Waals surface area contributed by atoms with Crippen LogP contribution in [0.5, 0.6) is 0 Å². The average molecular weight is 224 g/mol. The third kappa shape index (κ3) is 1.30. The Balaban J connectivity index is 3.34. The van der Waals surface area contributed by atoms with Crippen LogP contribution < -0.4 is 0 Å². The molecular weight excluding hydrogens is 220 g/mol. The van der Waals surface area contributed by atoms with Gasteiger partial charge in [0.15, 0.2) is 0 Å². The van der Waals surface area contributed by atoms with Crippen molar-refractivity contribution in [3.63, 3.8) is 0 Å². The molecule has 0 fully saturated rings. The minimum atomic E-state index is -0.381. The van der Waals surface area contributed by atoms with Gasteiger partial charge in [-0.3, -0.25) is 0 Å². The van der Waals surface area contributed by atoms with Crippen LogP contribution in [0.15, 0.2) is 10.8 Å². The molecule has 1 rings (SSSR count). The standard InChI is InChI=1S/C6H4BrClFN/c1-3-4(9)2-10-6(7)5(3)8/h2H,1H3. The molecule has 0 aromatic carbocycles. The summed E-state index contributed by atoms with van der Waals surface area (Å²) >= 11 is 8.70. The number of hydrogen-bond donors (Lipinski definition) is 0. The summed E-state index contributed by atoms with van der Waals surface area (Å²) in [6.45, 7) is 1.60. The summed E-state index contributed by atoms with van der Waals surface area (Å²) in [5.41, 5.74) is 0.420. The van der Waals surface area contributed by atoms with Gasteiger partial charge in [0.2, 0.25) is 0 Å². The first-order chi connectivity index (χ1) is 4.63. The number of hydrogen-bond acceptors (Lipinski definition) is 1. The summed E-state index contributed by atoms with van der Waals surface area (Å²) < 4.78 is 13.1. The second-order valence-corrected chi connectivity index (χ2v) is 2.97. The van der Waals surface area contributed by atoms with Crippen LogP contribution in [0.3, 0.4) is 0 Å². The molecule has 0 saturated heterocycles. The van der Waals surface area contributed by atoms with Gasteiger partial charge in [-0.05, 0) is 22.9 Å². The maximum Gasteiger partial charge on any atom is 0.145 e. The fourth-order valence-corrected chi connectivity index (χ4v) is 1.07. The fourth-order valence-electron chi connectivity index (χ4n) is 0.526. The molecule has 0 N–H and O–H groups in total. The van der Waals surface area contributed by atoms with E-state index in [1.807, 2.05) is 0 Å². The molecule has 0 aliphatic carbocycles. The minimum absolute atomic E-state index is 0.333. The number of aromatic nitrogens is 1. The quantitative estimate of drug-likeness (QED) is 0.618. The Morgan fingerprint density at radius 1 is 1.70 bits per heavy atom. The third-order valence-corrected chi connectivity index (χ3v) is 2.45. The molecule has 1 nitrogen and oxygen atoms in total. The highest BCUT2D eigenvalue weighted by molar-refractivity contribution is 9.10. The van der Waals surface area contributed by atoms with Crippen LogP contribution in [0.1, 0.15) is 5.56 Å². The van der Waals surface area contributed by atoms with E-state index < -0.39 is 0 Å². The second kappa shape index (κ2) is 2.84. The maximum atomic E-state index is 12.6. The number of pyridine rings is 1. The molecule has 0 aliphatic heterocycles. The molecule has 1 aromatic rings. The predicted octanol–water partition coefficient (Wildman–Crippen LogP) is 2.95. The van der Waals surface area contributed by atoms with Gasteiger partial charge < -0.3 is 0 Å². The van der Waals surface area contributed by atoms with Gasteiger partial charge in [-0.25, -0.2) is 9.37 Å². The van der Waals surface area contributed by atoms with Crippen molar-refractivity contribution < 1.29 is 4.39 Å². The normalized spacial score (nSPS) is 10.0. The van der Waals surface area contributed by atoms with E-state index in [1.165, 1.54) is 0 Å². The van der Waals surface area contributed by atoms with E-state index in [1.54, 1.807) is 6.92 Å². The van der Waals surface area contributed by atoms with Gasteiger partial charge in [0.25, 0.3) is 0 Å². The summed E-state index contributed by atoms with van der Waals surface area (Å²) in [6, 6.07) is 0. The molecule has 0 bridgehead atoms. The van der Waals surface area contributed by atoms with Crippen molar-refractivity contribution in [2.45, 2.75) is 6.92 Å². The van der Waals surface area contributed by atoms with E-state index in [-0.39, 0.29) is 5.82 Å². The second-order valence-electron chi connectivity index (χ2n) is 1.84. The zero-order chi connectivity index (χ0) is 7.72.